The Kier molecular flexibility index (Phi) is 33.5. The molecule has 0 heterocycles. The van der Waals surface area contributed by atoms with Gasteiger partial charge in [-0.3, -0.25) is 9.59 Å². The van der Waals surface area contributed by atoms with Gasteiger partial charge in [-0.1, -0.05) is 181 Å². The van der Waals surface area contributed by atoms with Gasteiger partial charge in [0.2, 0.25) is 0 Å². The van der Waals surface area contributed by atoms with Crippen molar-refractivity contribution in [1.82, 2.24) is 0 Å². The Hall–Kier alpha value is -1.10. The van der Waals surface area contributed by atoms with E-state index < -0.39 is 6.10 Å². The van der Waals surface area contributed by atoms with Gasteiger partial charge in [0.1, 0.15) is 6.61 Å². The smallest absolute Gasteiger partial charge is 0.306 e. The fraction of sp³-hybridized carbons (Fsp3) is 0.946. The van der Waals surface area contributed by atoms with E-state index in [0.717, 1.165) is 38.5 Å². The summed E-state index contributed by atoms with van der Waals surface area (Å²) in [5, 5.41) is 9.51. The fourth-order valence-corrected chi connectivity index (χ4v) is 5.55. The molecule has 5 nitrogen and oxygen atoms in total. The minimum atomic E-state index is -0.760. The molecule has 0 radical (unpaired) electrons. The lowest BCUT2D eigenvalue weighted by Gasteiger charge is -2.15. The summed E-state index contributed by atoms with van der Waals surface area (Å²) in [4.78, 5) is 24.1. The highest BCUT2D eigenvalue weighted by Crippen LogP contribution is 2.15. The van der Waals surface area contributed by atoms with Crippen molar-refractivity contribution in [2.24, 2.45) is 0 Å². The van der Waals surface area contributed by atoms with E-state index in [0.29, 0.717) is 12.8 Å². The van der Waals surface area contributed by atoms with Gasteiger partial charge in [0.15, 0.2) is 6.10 Å². The molecular weight excluding hydrogens is 524 g/mol. The quantitative estimate of drug-likeness (QED) is 0.0591. The summed E-state index contributed by atoms with van der Waals surface area (Å²) in [6.45, 7) is 4.14. The molecule has 5 heteroatoms. The van der Waals surface area contributed by atoms with Crippen LogP contribution in [0.4, 0.5) is 0 Å². The van der Waals surface area contributed by atoms with Crippen LogP contribution in [0.2, 0.25) is 0 Å². The van der Waals surface area contributed by atoms with E-state index in [-0.39, 0.29) is 25.2 Å². The van der Waals surface area contributed by atoms with Gasteiger partial charge in [-0.2, -0.15) is 0 Å². The van der Waals surface area contributed by atoms with Crippen molar-refractivity contribution >= 4 is 11.9 Å². The van der Waals surface area contributed by atoms with Gasteiger partial charge in [-0.05, 0) is 12.8 Å². The highest BCUT2D eigenvalue weighted by molar-refractivity contribution is 5.70. The average Bonchev–Trinajstić information content (AvgIpc) is 2.99. The van der Waals surface area contributed by atoms with Crippen LogP contribution in [0.5, 0.6) is 0 Å². The van der Waals surface area contributed by atoms with Crippen LogP contribution < -0.4 is 0 Å². The van der Waals surface area contributed by atoms with E-state index in [9.17, 15) is 14.7 Å². The van der Waals surface area contributed by atoms with E-state index in [1.54, 1.807) is 0 Å². The molecule has 42 heavy (non-hydrogen) atoms. The zero-order valence-corrected chi connectivity index (χ0v) is 28.3. The summed E-state index contributed by atoms with van der Waals surface area (Å²) in [5.74, 6) is -0.580. The summed E-state index contributed by atoms with van der Waals surface area (Å²) in [6.07, 6.45) is 35.9. The van der Waals surface area contributed by atoms with Crippen molar-refractivity contribution in [1.29, 1.82) is 0 Å². The number of ether oxygens (including phenoxy) is 2. The molecule has 0 aromatic heterocycles. The highest BCUT2D eigenvalue weighted by Gasteiger charge is 2.16. The molecule has 0 amide bonds. The lowest BCUT2D eigenvalue weighted by atomic mass is 10.0. The average molecular weight is 597 g/mol. The molecule has 0 aliphatic heterocycles. The van der Waals surface area contributed by atoms with E-state index in [1.807, 2.05) is 0 Å². The van der Waals surface area contributed by atoms with Crippen LogP contribution in [-0.2, 0) is 19.1 Å². The number of hydrogen-bond donors (Lipinski definition) is 1. The van der Waals surface area contributed by atoms with E-state index in [1.165, 1.54) is 141 Å². The highest BCUT2D eigenvalue weighted by atomic mass is 16.6. The first kappa shape index (κ1) is 40.9. The summed E-state index contributed by atoms with van der Waals surface area (Å²) in [5.41, 5.74) is 0. The third kappa shape index (κ3) is 31.8. The first-order chi connectivity index (χ1) is 20.6. The van der Waals surface area contributed by atoms with Crippen molar-refractivity contribution < 1.29 is 24.2 Å². The molecule has 0 rings (SSSR count). The van der Waals surface area contributed by atoms with Crippen molar-refractivity contribution in [2.75, 3.05) is 13.2 Å². The molecule has 1 N–H and O–H groups in total. The maximum absolute atomic E-state index is 12.1. The summed E-state index contributed by atoms with van der Waals surface area (Å²) in [6, 6.07) is 0. The maximum atomic E-state index is 12.1. The third-order valence-corrected chi connectivity index (χ3v) is 8.40. The molecule has 0 fully saturated rings. The van der Waals surface area contributed by atoms with Crippen LogP contribution in [0, 0.1) is 0 Å². The van der Waals surface area contributed by atoms with Gasteiger partial charge < -0.3 is 14.6 Å². The predicted octanol–water partition coefficient (Wildman–Crippen LogP) is 11.2. The second-order valence-electron chi connectivity index (χ2n) is 12.7. The third-order valence-electron chi connectivity index (χ3n) is 8.40. The molecule has 0 spiro atoms. The lowest BCUT2D eigenvalue weighted by molar-refractivity contribution is -0.161. The van der Waals surface area contributed by atoms with Crippen molar-refractivity contribution in [2.45, 2.75) is 213 Å². The number of unbranched alkanes of at least 4 members (excludes halogenated alkanes) is 26. The van der Waals surface area contributed by atoms with Crippen LogP contribution in [0.1, 0.15) is 206 Å². The van der Waals surface area contributed by atoms with Crippen LogP contribution >= 0.6 is 0 Å². The Morgan fingerprint density at radius 1 is 0.452 bits per heavy atom. The zero-order valence-electron chi connectivity index (χ0n) is 28.3. The number of rotatable bonds is 34. The van der Waals surface area contributed by atoms with Gasteiger partial charge in [-0.15, -0.1) is 0 Å². The second-order valence-corrected chi connectivity index (χ2v) is 12.7. The Bertz CT molecular complexity index is 564. The Morgan fingerprint density at radius 2 is 0.738 bits per heavy atom. The summed E-state index contributed by atoms with van der Waals surface area (Å²) in [7, 11) is 0. The van der Waals surface area contributed by atoms with Crippen LogP contribution in [0.25, 0.3) is 0 Å². The van der Waals surface area contributed by atoms with Crippen LogP contribution in [0.15, 0.2) is 0 Å². The first-order valence-electron chi connectivity index (χ1n) is 18.6. The second kappa shape index (κ2) is 34.4. The van der Waals surface area contributed by atoms with Gasteiger partial charge in [0.05, 0.1) is 6.61 Å². The molecule has 0 aromatic carbocycles. The number of carbonyl (C=O) groups excluding carboxylic acids is 2. The summed E-state index contributed by atoms with van der Waals surface area (Å²) >= 11 is 0. The number of aliphatic hydroxyl groups excluding tert-OH is 1. The molecule has 0 aromatic rings. The van der Waals surface area contributed by atoms with Gasteiger partial charge in [0.25, 0.3) is 0 Å². The monoisotopic (exact) mass is 597 g/mol. The number of aliphatic hydroxyl groups is 1. The van der Waals surface area contributed by atoms with Crippen molar-refractivity contribution in [3.05, 3.63) is 0 Å². The molecular formula is C37H72O5. The molecule has 0 aliphatic rings. The number of hydrogen-bond acceptors (Lipinski definition) is 5. The minimum absolute atomic E-state index is 0.0576. The largest absolute Gasteiger partial charge is 0.462 e. The zero-order chi connectivity index (χ0) is 30.8. The molecule has 0 saturated carbocycles. The molecule has 1 atom stereocenters. The van der Waals surface area contributed by atoms with E-state index >= 15 is 0 Å². The normalized spacial score (nSPS) is 12.0. The van der Waals surface area contributed by atoms with Gasteiger partial charge >= 0.3 is 11.9 Å². The van der Waals surface area contributed by atoms with E-state index in [2.05, 4.69) is 13.8 Å². The standard InChI is InChI=1S/C37H72O5/c1-3-5-7-9-11-13-15-16-17-18-19-20-21-22-24-26-28-30-32-37(40)42-35(33-38)34-41-36(39)31-29-27-25-23-14-12-10-8-6-4-2/h35,38H,3-34H2,1-2H3/t35-/m0/s1. The fourth-order valence-electron chi connectivity index (χ4n) is 5.55. The molecule has 0 saturated heterocycles. The summed E-state index contributed by atoms with van der Waals surface area (Å²) < 4.78 is 10.6. The molecule has 0 aliphatic carbocycles. The number of carbonyl (C=O) groups is 2. The molecule has 0 bridgehead atoms. The molecule has 250 valence electrons. The van der Waals surface area contributed by atoms with Gasteiger partial charge in [0, 0.05) is 12.8 Å². The predicted molar refractivity (Wildman–Crippen MR) is 178 cm³/mol. The molecule has 0 unspecified atom stereocenters. The topological polar surface area (TPSA) is 72.8 Å². The van der Waals surface area contributed by atoms with Crippen LogP contribution in [0.3, 0.4) is 0 Å². The van der Waals surface area contributed by atoms with Crippen LogP contribution in [-0.4, -0.2) is 36.4 Å². The Balaban J connectivity index is 3.48. The van der Waals surface area contributed by atoms with E-state index in [4.69, 9.17) is 9.47 Å². The van der Waals surface area contributed by atoms with Crippen molar-refractivity contribution in [3.63, 3.8) is 0 Å². The van der Waals surface area contributed by atoms with Crippen molar-refractivity contribution in [3.8, 4) is 0 Å². The first-order valence-corrected chi connectivity index (χ1v) is 18.6. The minimum Gasteiger partial charge on any atom is -0.462 e. The maximum Gasteiger partial charge on any atom is 0.306 e. The Labute approximate surface area is 261 Å². The van der Waals surface area contributed by atoms with Gasteiger partial charge in [-0.25, -0.2) is 0 Å². The number of esters is 2. The lowest BCUT2D eigenvalue weighted by Crippen LogP contribution is -2.28. The Morgan fingerprint density at radius 3 is 1.05 bits per heavy atom. The SMILES string of the molecule is CCCCCCCCCCCCCCCCCCCCC(=O)O[C@@H](CO)COC(=O)CCCCCCCCCCCC.